The van der Waals surface area contributed by atoms with Crippen molar-refractivity contribution in [3.8, 4) is 5.75 Å². The molecule has 0 heterocycles. The minimum atomic E-state index is -4.52. The summed E-state index contributed by atoms with van der Waals surface area (Å²) in [6.07, 6.45) is -2.91. The Balaban J connectivity index is 1.61. The molecule has 0 unspecified atom stereocenters. The molecule has 34 heavy (non-hydrogen) atoms. The van der Waals surface area contributed by atoms with E-state index in [0.29, 0.717) is 23.7 Å². The molecule has 6 nitrogen and oxygen atoms in total. The summed E-state index contributed by atoms with van der Waals surface area (Å²) in [5, 5.41) is 8.10. The van der Waals surface area contributed by atoms with E-state index in [4.69, 9.17) is 4.74 Å². The normalized spacial score (nSPS) is 10.8. The summed E-state index contributed by atoms with van der Waals surface area (Å²) in [7, 11) is 0. The van der Waals surface area contributed by atoms with Crippen molar-refractivity contribution in [2.24, 2.45) is 0 Å². The number of rotatable bonds is 9. The Labute approximate surface area is 194 Å². The lowest BCUT2D eigenvalue weighted by atomic mass is 10.1. The number of alkyl halides is 3. The van der Waals surface area contributed by atoms with Gasteiger partial charge in [-0.3, -0.25) is 9.59 Å². The van der Waals surface area contributed by atoms with E-state index < -0.39 is 17.6 Å². The van der Waals surface area contributed by atoms with Gasteiger partial charge < -0.3 is 20.7 Å². The van der Waals surface area contributed by atoms with Gasteiger partial charge in [0.1, 0.15) is 12.4 Å². The van der Waals surface area contributed by atoms with Gasteiger partial charge >= 0.3 is 6.18 Å². The van der Waals surface area contributed by atoms with Crippen molar-refractivity contribution in [2.75, 3.05) is 29.1 Å². The molecular formula is C25H22F3N3O3. The third kappa shape index (κ3) is 6.86. The number of halogens is 3. The van der Waals surface area contributed by atoms with E-state index in [1.807, 2.05) is 0 Å². The van der Waals surface area contributed by atoms with Crippen LogP contribution in [0.5, 0.6) is 5.75 Å². The number of hydrogen-bond acceptors (Lipinski definition) is 4. The summed E-state index contributed by atoms with van der Waals surface area (Å²) in [6, 6.07) is 17.6. The molecule has 0 aromatic heterocycles. The highest BCUT2D eigenvalue weighted by Crippen LogP contribution is 2.30. The molecule has 0 fully saturated rings. The van der Waals surface area contributed by atoms with Crippen LogP contribution in [0.3, 0.4) is 0 Å². The van der Waals surface area contributed by atoms with Crippen molar-refractivity contribution < 1.29 is 27.5 Å². The molecule has 0 bridgehead atoms. The van der Waals surface area contributed by atoms with Crippen molar-refractivity contribution in [1.82, 2.24) is 0 Å². The summed E-state index contributed by atoms with van der Waals surface area (Å²) in [6.45, 7) is 3.86. The Hall–Kier alpha value is -4.27. The van der Waals surface area contributed by atoms with Gasteiger partial charge in [0.25, 0.3) is 5.91 Å². The highest BCUT2D eigenvalue weighted by atomic mass is 19.4. The summed E-state index contributed by atoms with van der Waals surface area (Å²) >= 11 is 0. The maximum atomic E-state index is 12.9. The highest BCUT2D eigenvalue weighted by molar-refractivity contribution is 6.05. The average molecular weight is 469 g/mol. The molecule has 0 aliphatic rings. The zero-order valence-electron chi connectivity index (χ0n) is 18.0. The lowest BCUT2D eigenvalue weighted by molar-refractivity contribution is -0.137. The largest absolute Gasteiger partial charge is 0.487 e. The van der Waals surface area contributed by atoms with Crippen LogP contribution in [-0.2, 0) is 11.0 Å². The van der Waals surface area contributed by atoms with E-state index in [2.05, 4.69) is 22.5 Å². The van der Waals surface area contributed by atoms with Gasteiger partial charge in [-0.2, -0.15) is 13.2 Å². The van der Waals surface area contributed by atoms with Gasteiger partial charge in [0.05, 0.1) is 17.8 Å². The number of para-hydroxylation sites is 2. The highest BCUT2D eigenvalue weighted by Gasteiger charge is 2.30. The van der Waals surface area contributed by atoms with Crippen LogP contribution in [-0.4, -0.2) is 25.0 Å². The second-order valence-corrected chi connectivity index (χ2v) is 7.11. The van der Waals surface area contributed by atoms with E-state index >= 15 is 0 Å². The maximum absolute atomic E-state index is 12.9. The average Bonchev–Trinajstić information content (AvgIpc) is 2.81. The Bertz CT molecular complexity index is 1180. The van der Waals surface area contributed by atoms with Crippen LogP contribution < -0.4 is 20.7 Å². The van der Waals surface area contributed by atoms with Gasteiger partial charge in [0.2, 0.25) is 5.91 Å². The van der Waals surface area contributed by atoms with Gasteiger partial charge in [0.15, 0.2) is 0 Å². The van der Waals surface area contributed by atoms with E-state index in [-0.39, 0.29) is 23.7 Å². The van der Waals surface area contributed by atoms with Crippen LogP contribution in [0.1, 0.15) is 15.9 Å². The van der Waals surface area contributed by atoms with Crippen LogP contribution in [0.25, 0.3) is 0 Å². The monoisotopic (exact) mass is 469 g/mol. The Morgan fingerprint density at radius 2 is 1.62 bits per heavy atom. The molecule has 0 saturated carbocycles. The van der Waals surface area contributed by atoms with Gasteiger partial charge in [-0.15, -0.1) is 0 Å². The molecule has 3 N–H and O–H groups in total. The zero-order chi connectivity index (χ0) is 24.6. The molecule has 0 radical (unpaired) electrons. The van der Waals surface area contributed by atoms with Gasteiger partial charge in [0, 0.05) is 16.9 Å². The third-order valence-corrected chi connectivity index (χ3v) is 4.54. The number of hydrogen-bond donors (Lipinski definition) is 3. The molecule has 3 rings (SSSR count). The maximum Gasteiger partial charge on any atom is 0.416 e. The second-order valence-electron chi connectivity index (χ2n) is 7.11. The first-order chi connectivity index (χ1) is 16.3. The first-order valence-corrected chi connectivity index (χ1v) is 10.2. The molecule has 0 atom stereocenters. The fourth-order valence-corrected chi connectivity index (χ4v) is 2.98. The SMILES string of the molecule is C=CCOc1ccccc1NCC(=O)Nc1cccc(C(=O)Nc2cccc(C(F)(F)F)c2)c1. The van der Waals surface area contributed by atoms with Crippen LogP contribution in [0, 0.1) is 0 Å². The van der Waals surface area contributed by atoms with Gasteiger partial charge in [-0.05, 0) is 48.5 Å². The van der Waals surface area contributed by atoms with Crippen LogP contribution >= 0.6 is 0 Å². The van der Waals surface area contributed by atoms with Crippen molar-refractivity contribution in [3.05, 3.63) is 96.6 Å². The first kappa shape index (κ1) is 24.4. The third-order valence-electron chi connectivity index (χ3n) is 4.54. The smallest absolute Gasteiger partial charge is 0.416 e. The fraction of sp³-hybridized carbons (Fsp3) is 0.120. The number of anilines is 3. The number of benzene rings is 3. The van der Waals surface area contributed by atoms with Crippen molar-refractivity contribution in [1.29, 1.82) is 0 Å². The number of carbonyl (C=O) groups is 2. The summed E-state index contributed by atoms with van der Waals surface area (Å²) < 4.78 is 44.2. The standard InChI is InChI=1S/C25H22F3N3O3/c1-2-13-34-22-12-4-3-11-21(22)29-16-23(32)30-19-9-5-7-17(14-19)24(33)31-20-10-6-8-18(15-20)25(26,27)28/h2-12,14-15,29H,1,13,16H2,(H,30,32)(H,31,33). The summed E-state index contributed by atoms with van der Waals surface area (Å²) in [4.78, 5) is 24.9. The van der Waals surface area contributed by atoms with Crippen LogP contribution in [0.4, 0.5) is 30.2 Å². The lowest BCUT2D eigenvalue weighted by Crippen LogP contribution is -2.22. The Kier molecular flexibility index (Phi) is 7.92. The van der Waals surface area contributed by atoms with Crippen molar-refractivity contribution in [3.63, 3.8) is 0 Å². The molecule has 0 aliphatic heterocycles. The first-order valence-electron chi connectivity index (χ1n) is 10.2. The van der Waals surface area contributed by atoms with E-state index in [1.54, 1.807) is 42.5 Å². The molecule has 2 amide bonds. The Morgan fingerprint density at radius 1 is 0.912 bits per heavy atom. The van der Waals surface area contributed by atoms with E-state index in [0.717, 1.165) is 12.1 Å². The van der Waals surface area contributed by atoms with Gasteiger partial charge in [-0.25, -0.2) is 0 Å². The lowest BCUT2D eigenvalue weighted by Gasteiger charge is -2.13. The van der Waals surface area contributed by atoms with Gasteiger partial charge in [-0.1, -0.05) is 36.9 Å². The molecular weight excluding hydrogens is 447 g/mol. The topological polar surface area (TPSA) is 79.5 Å². The summed E-state index contributed by atoms with van der Waals surface area (Å²) in [5.74, 6) is -0.403. The second kappa shape index (κ2) is 11.0. The molecule has 3 aromatic carbocycles. The molecule has 176 valence electrons. The quantitative estimate of drug-likeness (QED) is 0.358. The minimum absolute atomic E-state index is 0.0100. The molecule has 0 spiro atoms. The predicted octanol–water partition coefficient (Wildman–Crippen LogP) is 5.57. The number of ether oxygens (including phenoxy) is 1. The van der Waals surface area contributed by atoms with Crippen LogP contribution in [0.15, 0.2) is 85.5 Å². The van der Waals surface area contributed by atoms with E-state index in [1.165, 1.54) is 24.3 Å². The van der Waals surface area contributed by atoms with Crippen molar-refractivity contribution in [2.45, 2.75) is 6.18 Å². The summed E-state index contributed by atoms with van der Waals surface area (Å²) in [5.41, 5.74) is 0.311. The predicted molar refractivity (Wildman–Crippen MR) is 125 cm³/mol. The van der Waals surface area contributed by atoms with Crippen LogP contribution in [0.2, 0.25) is 0 Å². The number of carbonyl (C=O) groups excluding carboxylic acids is 2. The van der Waals surface area contributed by atoms with Crippen molar-refractivity contribution >= 4 is 28.9 Å². The molecule has 0 saturated heterocycles. The zero-order valence-corrected chi connectivity index (χ0v) is 18.0. The Morgan fingerprint density at radius 3 is 2.35 bits per heavy atom. The molecule has 3 aromatic rings. The number of amides is 2. The van der Waals surface area contributed by atoms with E-state index in [9.17, 15) is 22.8 Å². The molecule has 0 aliphatic carbocycles. The number of nitrogens with one attached hydrogen (secondary N) is 3. The minimum Gasteiger partial charge on any atom is -0.487 e. The molecule has 9 heteroatoms. The fourth-order valence-electron chi connectivity index (χ4n) is 2.98.